The molecule has 0 radical (unpaired) electrons. The average Bonchev–Trinajstić information content (AvgIpc) is 2.71. The molecule has 0 aromatic carbocycles. The summed E-state index contributed by atoms with van der Waals surface area (Å²) in [6.45, 7) is 5.62. The van der Waals surface area contributed by atoms with Crippen molar-refractivity contribution in [2.24, 2.45) is 11.8 Å². The Kier molecular flexibility index (Phi) is 4.46. The third kappa shape index (κ3) is 2.68. The highest BCUT2D eigenvalue weighted by Crippen LogP contribution is 2.51. The van der Waals surface area contributed by atoms with Gasteiger partial charge in [0.15, 0.2) is 0 Å². The monoisotopic (exact) mass is 340 g/mol. The number of amides is 1. The van der Waals surface area contributed by atoms with Crippen molar-refractivity contribution < 1.29 is 19.8 Å². The maximum absolute atomic E-state index is 12.3. The molecule has 4 unspecified atom stereocenters. The summed E-state index contributed by atoms with van der Waals surface area (Å²) in [4.78, 5) is 28.5. The first-order chi connectivity index (χ1) is 10.8. The zero-order valence-electron chi connectivity index (χ0n) is 13.7. The molecular formula is C16H24N2O4S. The minimum Gasteiger partial charge on any atom is -0.477 e. The van der Waals surface area contributed by atoms with E-state index < -0.39 is 18.0 Å². The van der Waals surface area contributed by atoms with Crippen molar-refractivity contribution in [3.63, 3.8) is 0 Å². The van der Waals surface area contributed by atoms with Crippen LogP contribution in [0.2, 0.25) is 0 Å². The predicted molar refractivity (Wildman–Crippen MR) is 87.7 cm³/mol. The van der Waals surface area contributed by atoms with Crippen LogP contribution in [0.15, 0.2) is 10.6 Å². The Bertz CT molecular complexity index is 554. The van der Waals surface area contributed by atoms with E-state index in [4.69, 9.17) is 0 Å². The molecular weight excluding hydrogens is 316 g/mol. The lowest BCUT2D eigenvalue weighted by Crippen LogP contribution is -2.63. The fourth-order valence-corrected chi connectivity index (χ4v) is 5.42. The van der Waals surface area contributed by atoms with E-state index in [1.165, 1.54) is 4.90 Å². The number of carboxylic acids is 1. The van der Waals surface area contributed by atoms with Crippen molar-refractivity contribution in [2.45, 2.75) is 44.1 Å². The van der Waals surface area contributed by atoms with Crippen molar-refractivity contribution in [2.75, 3.05) is 20.1 Å². The molecule has 3 aliphatic rings. The second kappa shape index (κ2) is 6.11. The Morgan fingerprint density at radius 2 is 1.96 bits per heavy atom. The van der Waals surface area contributed by atoms with Gasteiger partial charge in [-0.25, -0.2) is 4.79 Å². The number of carboxylic acid groups (broad SMARTS) is 1. The molecule has 1 amide bonds. The van der Waals surface area contributed by atoms with Crippen LogP contribution in [0.5, 0.6) is 0 Å². The standard InChI is InChI=1S/C16H24N2O4S/c1-8-12-11(9(2)19)15(20)18(12)13(16(21)22)14(8)23-10-4-6-17(3)7-5-10/h8-12,19H,4-7H2,1-3H3,(H,21,22). The van der Waals surface area contributed by atoms with Gasteiger partial charge in [0, 0.05) is 16.1 Å². The second-order valence-electron chi connectivity index (χ2n) is 6.89. The van der Waals surface area contributed by atoms with Crippen LogP contribution in [-0.2, 0) is 9.59 Å². The number of carbonyl (C=O) groups excluding carboxylic acids is 1. The number of aliphatic carboxylic acids is 1. The van der Waals surface area contributed by atoms with Gasteiger partial charge in [0.1, 0.15) is 5.70 Å². The van der Waals surface area contributed by atoms with Crippen LogP contribution in [0, 0.1) is 11.8 Å². The highest BCUT2D eigenvalue weighted by atomic mass is 32.2. The van der Waals surface area contributed by atoms with E-state index in [1.54, 1.807) is 18.7 Å². The predicted octanol–water partition coefficient (Wildman–Crippen LogP) is 0.968. The highest BCUT2D eigenvalue weighted by Gasteiger charge is 2.60. The minimum absolute atomic E-state index is 0.0249. The molecule has 0 spiro atoms. The molecule has 128 valence electrons. The molecule has 3 rings (SSSR count). The summed E-state index contributed by atoms with van der Waals surface area (Å²) in [5.41, 5.74) is 0.147. The Morgan fingerprint density at radius 1 is 1.35 bits per heavy atom. The van der Waals surface area contributed by atoms with Crippen molar-refractivity contribution in [3.8, 4) is 0 Å². The normalized spacial score (nSPS) is 33.7. The van der Waals surface area contributed by atoms with Crippen molar-refractivity contribution in [1.29, 1.82) is 0 Å². The number of hydrogen-bond acceptors (Lipinski definition) is 5. The Hall–Kier alpha value is -1.05. The molecule has 0 bridgehead atoms. The largest absolute Gasteiger partial charge is 0.477 e. The van der Waals surface area contributed by atoms with Gasteiger partial charge < -0.3 is 20.0 Å². The van der Waals surface area contributed by atoms with E-state index in [2.05, 4.69) is 11.9 Å². The fourth-order valence-electron chi connectivity index (χ4n) is 3.96. The zero-order chi connectivity index (χ0) is 16.9. The quantitative estimate of drug-likeness (QED) is 0.742. The lowest BCUT2D eigenvalue weighted by atomic mass is 9.79. The second-order valence-corrected chi connectivity index (χ2v) is 8.23. The molecule has 4 atom stereocenters. The number of thioether (sulfide) groups is 1. The number of piperidine rings is 1. The van der Waals surface area contributed by atoms with Crippen LogP contribution in [0.4, 0.5) is 0 Å². The summed E-state index contributed by atoms with van der Waals surface area (Å²) < 4.78 is 0. The molecule has 23 heavy (non-hydrogen) atoms. The van der Waals surface area contributed by atoms with E-state index in [-0.39, 0.29) is 23.6 Å². The van der Waals surface area contributed by atoms with Gasteiger partial charge in [0.05, 0.1) is 18.1 Å². The first-order valence-corrected chi connectivity index (χ1v) is 9.04. The number of hydrogen-bond donors (Lipinski definition) is 2. The Labute approximate surface area is 140 Å². The van der Waals surface area contributed by atoms with Crippen LogP contribution < -0.4 is 0 Å². The third-order valence-electron chi connectivity index (χ3n) is 5.27. The number of carbonyl (C=O) groups is 2. The lowest BCUT2D eigenvalue weighted by Gasteiger charge is -2.46. The number of β-lactam (4-membered cyclic amide) rings is 1. The lowest BCUT2D eigenvalue weighted by molar-refractivity contribution is -0.163. The highest BCUT2D eigenvalue weighted by molar-refractivity contribution is 8.03. The molecule has 0 aliphatic carbocycles. The molecule has 0 saturated carbocycles. The molecule has 0 aromatic rings. The smallest absolute Gasteiger partial charge is 0.353 e. The van der Waals surface area contributed by atoms with Gasteiger partial charge in [-0.05, 0) is 39.9 Å². The SMILES string of the molecule is CC(O)C1C(=O)N2C(C(=O)O)=C(SC3CCN(C)CC3)C(C)C12. The van der Waals surface area contributed by atoms with Crippen LogP contribution >= 0.6 is 11.8 Å². The van der Waals surface area contributed by atoms with Gasteiger partial charge in [-0.15, -0.1) is 11.8 Å². The summed E-state index contributed by atoms with van der Waals surface area (Å²) in [5, 5.41) is 19.8. The average molecular weight is 340 g/mol. The summed E-state index contributed by atoms with van der Waals surface area (Å²) in [6.07, 6.45) is 1.32. The maximum Gasteiger partial charge on any atom is 0.353 e. The molecule has 7 heteroatoms. The summed E-state index contributed by atoms with van der Waals surface area (Å²) in [6, 6.07) is -0.206. The molecule has 0 aromatic heterocycles. The number of nitrogens with zero attached hydrogens (tertiary/aromatic N) is 2. The van der Waals surface area contributed by atoms with E-state index >= 15 is 0 Å². The number of aliphatic hydroxyl groups is 1. The van der Waals surface area contributed by atoms with Crippen molar-refractivity contribution in [1.82, 2.24) is 9.80 Å². The Morgan fingerprint density at radius 3 is 2.48 bits per heavy atom. The van der Waals surface area contributed by atoms with Gasteiger partial charge in [-0.1, -0.05) is 6.92 Å². The number of fused-ring (bicyclic) bond motifs is 1. The summed E-state index contributed by atoms with van der Waals surface area (Å²) in [7, 11) is 2.10. The van der Waals surface area contributed by atoms with E-state index in [1.807, 2.05) is 6.92 Å². The van der Waals surface area contributed by atoms with Crippen molar-refractivity contribution >= 4 is 23.6 Å². The first kappa shape index (κ1) is 16.8. The maximum atomic E-state index is 12.3. The van der Waals surface area contributed by atoms with Crippen LogP contribution in [-0.4, -0.2) is 69.4 Å². The molecule has 2 fully saturated rings. The van der Waals surface area contributed by atoms with Crippen LogP contribution in [0.25, 0.3) is 0 Å². The molecule has 2 saturated heterocycles. The van der Waals surface area contributed by atoms with E-state index in [9.17, 15) is 19.8 Å². The van der Waals surface area contributed by atoms with Gasteiger partial charge in [-0.2, -0.15) is 0 Å². The number of aliphatic hydroxyl groups excluding tert-OH is 1. The number of rotatable bonds is 4. The molecule has 3 aliphatic heterocycles. The topological polar surface area (TPSA) is 81.1 Å². The van der Waals surface area contributed by atoms with Gasteiger partial charge in [0.2, 0.25) is 5.91 Å². The minimum atomic E-state index is -1.04. The third-order valence-corrected chi connectivity index (χ3v) is 6.89. The van der Waals surface area contributed by atoms with E-state index in [0.717, 1.165) is 30.8 Å². The molecule has 2 N–H and O–H groups in total. The summed E-state index contributed by atoms with van der Waals surface area (Å²) in [5.74, 6) is -1.79. The first-order valence-electron chi connectivity index (χ1n) is 8.16. The molecule has 3 heterocycles. The number of likely N-dealkylation sites (tertiary alicyclic amines) is 1. The Balaban J connectivity index is 1.83. The van der Waals surface area contributed by atoms with Crippen LogP contribution in [0.3, 0.4) is 0 Å². The van der Waals surface area contributed by atoms with Gasteiger partial charge in [0.25, 0.3) is 0 Å². The molecule has 6 nitrogen and oxygen atoms in total. The fraction of sp³-hybridized carbons (Fsp3) is 0.750. The van der Waals surface area contributed by atoms with Crippen LogP contribution in [0.1, 0.15) is 26.7 Å². The van der Waals surface area contributed by atoms with Crippen molar-refractivity contribution in [3.05, 3.63) is 10.6 Å². The zero-order valence-corrected chi connectivity index (χ0v) is 14.5. The van der Waals surface area contributed by atoms with Gasteiger partial charge in [-0.3, -0.25) is 4.79 Å². The summed E-state index contributed by atoms with van der Waals surface area (Å²) >= 11 is 1.63. The van der Waals surface area contributed by atoms with E-state index in [0.29, 0.717) is 5.25 Å². The van der Waals surface area contributed by atoms with Gasteiger partial charge >= 0.3 is 5.97 Å².